The maximum Gasteiger partial charge on any atom is 0.252 e. The van der Waals surface area contributed by atoms with E-state index < -0.39 is 0 Å². The van der Waals surface area contributed by atoms with E-state index in [1.165, 1.54) is 11.3 Å². The molecule has 2 heterocycles. The zero-order valence-electron chi connectivity index (χ0n) is 11.5. The van der Waals surface area contributed by atoms with Gasteiger partial charge in [-0.25, -0.2) is 0 Å². The van der Waals surface area contributed by atoms with Crippen molar-refractivity contribution in [1.82, 2.24) is 10.2 Å². The Kier molecular flexibility index (Phi) is 5.55. The average Bonchev–Trinajstić information content (AvgIpc) is 2.97. The number of thiophene rings is 1. The van der Waals surface area contributed by atoms with Gasteiger partial charge in [0.1, 0.15) is 0 Å². The number of nitrogens with one attached hydrogen (secondary N) is 1. The standard InChI is InChI=1S/C14H21N3O2S/c15-12-3-2-7-17(9-12)13(18)4-1-6-16-14(19)11-5-8-20-10-11/h5,8,10,12H,1-4,6-7,9,15H2,(H,16,19). The van der Waals surface area contributed by atoms with Crippen LogP contribution in [0.5, 0.6) is 0 Å². The number of rotatable bonds is 5. The number of carbonyl (C=O) groups is 2. The Morgan fingerprint density at radius 3 is 3.05 bits per heavy atom. The highest BCUT2D eigenvalue weighted by atomic mass is 32.1. The van der Waals surface area contributed by atoms with E-state index in [4.69, 9.17) is 5.73 Å². The lowest BCUT2D eigenvalue weighted by Gasteiger charge is -2.30. The van der Waals surface area contributed by atoms with E-state index in [1.807, 2.05) is 15.7 Å². The van der Waals surface area contributed by atoms with Crippen LogP contribution in [-0.2, 0) is 4.79 Å². The topological polar surface area (TPSA) is 75.4 Å². The van der Waals surface area contributed by atoms with Crippen molar-refractivity contribution < 1.29 is 9.59 Å². The summed E-state index contributed by atoms with van der Waals surface area (Å²) in [5.41, 5.74) is 6.55. The summed E-state index contributed by atoms with van der Waals surface area (Å²) in [4.78, 5) is 25.5. The van der Waals surface area contributed by atoms with Crippen molar-refractivity contribution in [2.45, 2.75) is 31.7 Å². The predicted molar refractivity (Wildman–Crippen MR) is 79.7 cm³/mol. The first-order valence-electron chi connectivity index (χ1n) is 7.00. The van der Waals surface area contributed by atoms with Crippen LogP contribution < -0.4 is 11.1 Å². The van der Waals surface area contributed by atoms with Crippen LogP contribution in [0.2, 0.25) is 0 Å². The molecule has 1 aliphatic rings. The highest BCUT2D eigenvalue weighted by Gasteiger charge is 2.20. The summed E-state index contributed by atoms with van der Waals surface area (Å²) in [5, 5.41) is 6.51. The molecule has 0 spiro atoms. The quantitative estimate of drug-likeness (QED) is 0.802. The fourth-order valence-corrected chi connectivity index (χ4v) is 2.97. The molecule has 2 rings (SSSR count). The lowest BCUT2D eigenvalue weighted by Crippen LogP contribution is -2.45. The minimum absolute atomic E-state index is 0.0707. The third-order valence-electron chi connectivity index (χ3n) is 3.45. The van der Waals surface area contributed by atoms with Gasteiger partial charge in [0.15, 0.2) is 0 Å². The molecule has 3 N–H and O–H groups in total. The number of hydrogen-bond acceptors (Lipinski definition) is 4. The van der Waals surface area contributed by atoms with E-state index in [9.17, 15) is 9.59 Å². The van der Waals surface area contributed by atoms with Crippen molar-refractivity contribution in [2.24, 2.45) is 5.73 Å². The molecule has 0 aliphatic carbocycles. The number of carbonyl (C=O) groups excluding carboxylic acids is 2. The highest BCUT2D eigenvalue weighted by molar-refractivity contribution is 7.08. The number of nitrogens with zero attached hydrogens (tertiary/aromatic N) is 1. The molecule has 0 aromatic carbocycles. The summed E-state index contributed by atoms with van der Waals surface area (Å²) in [6.45, 7) is 2.01. The first kappa shape index (κ1) is 15.0. The maximum absolute atomic E-state index is 12.0. The molecule has 1 atom stereocenters. The fraction of sp³-hybridized carbons (Fsp3) is 0.571. The normalized spacial score (nSPS) is 18.9. The molecule has 0 radical (unpaired) electrons. The van der Waals surface area contributed by atoms with Crippen LogP contribution in [-0.4, -0.2) is 42.4 Å². The zero-order valence-corrected chi connectivity index (χ0v) is 12.3. The Bertz CT molecular complexity index is 447. The summed E-state index contributed by atoms with van der Waals surface area (Å²) in [6.07, 6.45) is 3.12. The van der Waals surface area contributed by atoms with Gasteiger partial charge in [-0.1, -0.05) is 0 Å². The van der Waals surface area contributed by atoms with Crippen molar-refractivity contribution in [3.63, 3.8) is 0 Å². The van der Waals surface area contributed by atoms with Crippen molar-refractivity contribution in [3.8, 4) is 0 Å². The van der Waals surface area contributed by atoms with E-state index in [-0.39, 0.29) is 17.9 Å². The SMILES string of the molecule is NC1CCCN(C(=O)CCCNC(=O)c2ccsc2)C1. The fourth-order valence-electron chi connectivity index (χ4n) is 2.33. The molecule has 1 aromatic heterocycles. The van der Waals surface area contributed by atoms with E-state index in [2.05, 4.69) is 5.32 Å². The molecule has 20 heavy (non-hydrogen) atoms. The minimum atomic E-state index is -0.0707. The van der Waals surface area contributed by atoms with Crippen molar-refractivity contribution in [2.75, 3.05) is 19.6 Å². The van der Waals surface area contributed by atoms with Crippen molar-refractivity contribution in [3.05, 3.63) is 22.4 Å². The molecule has 1 fully saturated rings. The van der Waals surface area contributed by atoms with Gasteiger partial charge in [0, 0.05) is 43.0 Å². The molecular formula is C14H21N3O2S. The Hall–Kier alpha value is -1.40. The molecule has 1 saturated heterocycles. The summed E-state index contributed by atoms with van der Waals surface area (Å²) in [5.74, 6) is 0.0728. The molecule has 5 nitrogen and oxygen atoms in total. The van der Waals surface area contributed by atoms with Gasteiger partial charge >= 0.3 is 0 Å². The minimum Gasteiger partial charge on any atom is -0.352 e. The van der Waals surface area contributed by atoms with Crippen LogP contribution in [0, 0.1) is 0 Å². The second-order valence-electron chi connectivity index (χ2n) is 5.11. The van der Waals surface area contributed by atoms with Crippen LogP contribution in [0.3, 0.4) is 0 Å². The van der Waals surface area contributed by atoms with Crippen molar-refractivity contribution in [1.29, 1.82) is 0 Å². The zero-order chi connectivity index (χ0) is 14.4. The second kappa shape index (κ2) is 7.40. The number of amides is 2. The largest absolute Gasteiger partial charge is 0.352 e. The number of hydrogen-bond donors (Lipinski definition) is 2. The smallest absolute Gasteiger partial charge is 0.252 e. The van der Waals surface area contributed by atoms with Crippen LogP contribution in [0.25, 0.3) is 0 Å². The van der Waals surface area contributed by atoms with E-state index in [0.29, 0.717) is 31.5 Å². The molecule has 6 heteroatoms. The van der Waals surface area contributed by atoms with Crippen molar-refractivity contribution >= 4 is 23.2 Å². The van der Waals surface area contributed by atoms with Crippen LogP contribution in [0.1, 0.15) is 36.0 Å². The van der Waals surface area contributed by atoms with Gasteiger partial charge in [-0.05, 0) is 30.7 Å². The monoisotopic (exact) mass is 295 g/mol. The molecule has 110 valence electrons. The van der Waals surface area contributed by atoms with E-state index in [0.717, 1.165) is 19.4 Å². The lowest BCUT2D eigenvalue weighted by atomic mass is 10.1. The molecule has 1 aliphatic heterocycles. The van der Waals surface area contributed by atoms with Gasteiger partial charge in [0.2, 0.25) is 5.91 Å². The maximum atomic E-state index is 12.0. The van der Waals surface area contributed by atoms with Gasteiger partial charge in [-0.3, -0.25) is 9.59 Å². The third-order valence-corrected chi connectivity index (χ3v) is 4.13. The molecule has 0 saturated carbocycles. The van der Waals surface area contributed by atoms with Crippen LogP contribution in [0.4, 0.5) is 0 Å². The Morgan fingerprint density at radius 1 is 1.50 bits per heavy atom. The van der Waals surface area contributed by atoms with Crippen LogP contribution >= 0.6 is 11.3 Å². The molecule has 1 unspecified atom stereocenters. The number of piperidine rings is 1. The second-order valence-corrected chi connectivity index (χ2v) is 5.89. The number of nitrogens with two attached hydrogens (primary N) is 1. The summed E-state index contributed by atoms with van der Waals surface area (Å²) in [6, 6.07) is 1.91. The van der Waals surface area contributed by atoms with E-state index >= 15 is 0 Å². The lowest BCUT2D eigenvalue weighted by molar-refractivity contribution is -0.132. The molecule has 2 amide bonds. The molecule has 1 aromatic rings. The summed E-state index contributed by atoms with van der Waals surface area (Å²) < 4.78 is 0. The summed E-state index contributed by atoms with van der Waals surface area (Å²) in [7, 11) is 0. The first-order valence-corrected chi connectivity index (χ1v) is 7.95. The first-order chi connectivity index (χ1) is 9.66. The van der Waals surface area contributed by atoms with Crippen LogP contribution in [0.15, 0.2) is 16.8 Å². The Morgan fingerprint density at radius 2 is 2.35 bits per heavy atom. The van der Waals surface area contributed by atoms with Gasteiger partial charge in [-0.2, -0.15) is 11.3 Å². The Labute approximate surface area is 123 Å². The predicted octanol–water partition coefficient (Wildman–Crippen LogP) is 1.21. The number of likely N-dealkylation sites (tertiary alicyclic amines) is 1. The van der Waals surface area contributed by atoms with Gasteiger partial charge in [-0.15, -0.1) is 0 Å². The Balaban J connectivity index is 1.63. The van der Waals surface area contributed by atoms with Gasteiger partial charge < -0.3 is 16.0 Å². The molecular weight excluding hydrogens is 274 g/mol. The van der Waals surface area contributed by atoms with Gasteiger partial charge in [0.05, 0.1) is 0 Å². The average molecular weight is 295 g/mol. The summed E-state index contributed by atoms with van der Waals surface area (Å²) >= 11 is 1.50. The van der Waals surface area contributed by atoms with E-state index in [1.54, 1.807) is 6.07 Å². The highest BCUT2D eigenvalue weighted by Crippen LogP contribution is 2.10. The third kappa shape index (κ3) is 4.31. The van der Waals surface area contributed by atoms with Gasteiger partial charge in [0.25, 0.3) is 5.91 Å². The molecule has 0 bridgehead atoms.